The summed E-state index contributed by atoms with van der Waals surface area (Å²) in [5.41, 5.74) is 0. The van der Waals surface area contributed by atoms with Crippen molar-refractivity contribution in [2.24, 2.45) is 0 Å². The summed E-state index contributed by atoms with van der Waals surface area (Å²) in [6.45, 7) is 6.34. The minimum absolute atomic E-state index is 0.136. The van der Waals surface area contributed by atoms with E-state index >= 15 is 0 Å². The van der Waals surface area contributed by atoms with Gasteiger partial charge in [0.15, 0.2) is 0 Å². The molecule has 76 valence electrons. The first-order valence-corrected chi connectivity index (χ1v) is 5.79. The van der Waals surface area contributed by atoms with Crippen molar-refractivity contribution in [3.63, 3.8) is 0 Å². The number of hydrogen-bond donors (Lipinski definition) is 1. The standard InChI is InChI=1S/C12H17NS/c1-5-9(3)13-10(4)12-8-7-11(6-2)14-12/h1,7-10,13H,6H2,2-4H3. The van der Waals surface area contributed by atoms with Crippen molar-refractivity contribution in [1.82, 2.24) is 5.32 Å². The molecule has 1 nitrogen and oxygen atoms in total. The second-order valence-corrected chi connectivity index (χ2v) is 4.63. The van der Waals surface area contributed by atoms with Crippen molar-refractivity contribution >= 4 is 11.3 Å². The minimum atomic E-state index is 0.136. The van der Waals surface area contributed by atoms with Gasteiger partial charge in [0.25, 0.3) is 0 Å². The lowest BCUT2D eigenvalue weighted by Gasteiger charge is -2.14. The maximum absolute atomic E-state index is 5.32. The SMILES string of the molecule is C#CC(C)NC(C)c1ccc(CC)s1. The van der Waals surface area contributed by atoms with Crippen LogP contribution in [-0.2, 0) is 6.42 Å². The third kappa shape index (κ3) is 2.87. The Labute approximate surface area is 90.5 Å². The topological polar surface area (TPSA) is 12.0 Å². The summed E-state index contributed by atoms with van der Waals surface area (Å²) in [6.07, 6.45) is 6.43. The highest BCUT2D eigenvalue weighted by Crippen LogP contribution is 2.23. The van der Waals surface area contributed by atoms with Crippen molar-refractivity contribution in [2.45, 2.75) is 39.3 Å². The zero-order chi connectivity index (χ0) is 10.6. The highest BCUT2D eigenvalue weighted by Gasteiger charge is 2.09. The Kier molecular flexibility index (Phi) is 4.19. The number of rotatable bonds is 4. The molecule has 0 bridgehead atoms. The molecule has 1 heterocycles. The van der Waals surface area contributed by atoms with Crippen molar-refractivity contribution in [1.29, 1.82) is 0 Å². The van der Waals surface area contributed by atoms with Gasteiger partial charge in [0.2, 0.25) is 0 Å². The number of terminal acetylenes is 1. The monoisotopic (exact) mass is 207 g/mol. The van der Waals surface area contributed by atoms with Crippen LogP contribution in [0.5, 0.6) is 0 Å². The van der Waals surface area contributed by atoms with Crippen LogP contribution in [0.25, 0.3) is 0 Å². The second kappa shape index (κ2) is 5.19. The van der Waals surface area contributed by atoms with Crippen LogP contribution in [0.4, 0.5) is 0 Å². The molecule has 14 heavy (non-hydrogen) atoms. The molecule has 0 saturated carbocycles. The number of hydrogen-bond acceptors (Lipinski definition) is 2. The van der Waals surface area contributed by atoms with E-state index in [4.69, 9.17) is 6.42 Å². The summed E-state index contributed by atoms with van der Waals surface area (Å²) in [7, 11) is 0. The van der Waals surface area contributed by atoms with Gasteiger partial charge in [0.05, 0.1) is 6.04 Å². The lowest BCUT2D eigenvalue weighted by Crippen LogP contribution is -2.26. The lowest BCUT2D eigenvalue weighted by molar-refractivity contribution is 0.553. The van der Waals surface area contributed by atoms with Crippen LogP contribution in [0.1, 0.15) is 36.6 Å². The maximum Gasteiger partial charge on any atom is 0.0663 e. The molecular formula is C12H17NS. The molecule has 0 saturated heterocycles. The lowest BCUT2D eigenvalue weighted by atomic mass is 10.2. The van der Waals surface area contributed by atoms with Crippen molar-refractivity contribution in [3.05, 3.63) is 21.9 Å². The van der Waals surface area contributed by atoms with Crippen LogP contribution in [-0.4, -0.2) is 6.04 Å². The third-order valence-corrected chi connectivity index (χ3v) is 3.62. The van der Waals surface area contributed by atoms with Gasteiger partial charge in [0.1, 0.15) is 0 Å². The zero-order valence-electron chi connectivity index (χ0n) is 9.00. The minimum Gasteiger partial charge on any atom is -0.296 e. The summed E-state index contributed by atoms with van der Waals surface area (Å²) >= 11 is 1.86. The van der Waals surface area contributed by atoms with E-state index in [0.717, 1.165) is 6.42 Å². The number of aryl methyl sites for hydroxylation is 1. The Hall–Kier alpha value is -0.780. The van der Waals surface area contributed by atoms with Gasteiger partial charge in [-0.1, -0.05) is 12.8 Å². The molecule has 1 rings (SSSR count). The number of nitrogens with one attached hydrogen (secondary N) is 1. The molecule has 0 spiro atoms. The van der Waals surface area contributed by atoms with Crippen LogP contribution in [0, 0.1) is 12.3 Å². The van der Waals surface area contributed by atoms with Crippen molar-refractivity contribution < 1.29 is 0 Å². The van der Waals surface area contributed by atoms with E-state index < -0.39 is 0 Å². The van der Waals surface area contributed by atoms with Crippen LogP contribution < -0.4 is 5.32 Å². The van der Waals surface area contributed by atoms with Gasteiger partial charge in [-0.25, -0.2) is 0 Å². The summed E-state index contributed by atoms with van der Waals surface area (Å²) in [5.74, 6) is 2.68. The largest absolute Gasteiger partial charge is 0.296 e. The van der Waals surface area contributed by atoms with Gasteiger partial charge < -0.3 is 0 Å². The summed E-state index contributed by atoms with van der Waals surface area (Å²) < 4.78 is 0. The third-order valence-electron chi connectivity index (χ3n) is 2.21. The first-order chi connectivity index (χ1) is 6.67. The van der Waals surface area contributed by atoms with Gasteiger partial charge in [-0.2, -0.15) is 0 Å². The summed E-state index contributed by atoms with van der Waals surface area (Å²) in [5, 5.41) is 3.36. The maximum atomic E-state index is 5.32. The molecule has 2 heteroatoms. The van der Waals surface area contributed by atoms with E-state index in [1.165, 1.54) is 9.75 Å². The molecule has 0 amide bonds. The molecule has 1 aromatic heterocycles. The van der Waals surface area contributed by atoms with E-state index in [9.17, 15) is 0 Å². The Morgan fingerprint density at radius 1 is 1.50 bits per heavy atom. The molecule has 2 atom stereocenters. The fourth-order valence-corrected chi connectivity index (χ4v) is 2.29. The van der Waals surface area contributed by atoms with Gasteiger partial charge in [-0.05, 0) is 32.4 Å². The second-order valence-electron chi connectivity index (χ2n) is 3.43. The van der Waals surface area contributed by atoms with Gasteiger partial charge in [-0.3, -0.25) is 5.32 Å². The van der Waals surface area contributed by atoms with E-state index in [1.807, 2.05) is 18.3 Å². The number of thiophene rings is 1. The van der Waals surface area contributed by atoms with Crippen LogP contribution in [0.3, 0.4) is 0 Å². The van der Waals surface area contributed by atoms with Crippen LogP contribution >= 0.6 is 11.3 Å². The average molecular weight is 207 g/mol. The smallest absolute Gasteiger partial charge is 0.0663 e. The predicted octanol–water partition coefficient (Wildman–Crippen LogP) is 2.98. The Balaban J connectivity index is 2.61. The van der Waals surface area contributed by atoms with Gasteiger partial charge >= 0.3 is 0 Å². The summed E-state index contributed by atoms with van der Waals surface area (Å²) in [4.78, 5) is 2.80. The van der Waals surface area contributed by atoms with E-state index in [0.29, 0.717) is 6.04 Å². The molecule has 0 radical (unpaired) electrons. The average Bonchev–Trinajstić information content (AvgIpc) is 2.65. The van der Waals surface area contributed by atoms with Crippen molar-refractivity contribution in [2.75, 3.05) is 0 Å². The van der Waals surface area contributed by atoms with E-state index in [2.05, 4.69) is 37.2 Å². The molecule has 0 aromatic carbocycles. The predicted molar refractivity (Wildman–Crippen MR) is 63.5 cm³/mol. The Morgan fingerprint density at radius 2 is 2.21 bits per heavy atom. The molecule has 0 aliphatic heterocycles. The normalized spacial score (nSPS) is 14.7. The van der Waals surface area contributed by atoms with Gasteiger partial charge in [-0.15, -0.1) is 17.8 Å². The first kappa shape index (κ1) is 11.3. The molecule has 1 N–H and O–H groups in total. The van der Waals surface area contributed by atoms with Crippen molar-refractivity contribution in [3.8, 4) is 12.3 Å². The highest BCUT2D eigenvalue weighted by molar-refractivity contribution is 7.12. The van der Waals surface area contributed by atoms with Gasteiger partial charge in [0, 0.05) is 15.8 Å². The van der Waals surface area contributed by atoms with E-state index in [-0.39, 0.29) is 6.04 Å². The Bertz CT molecular complexity index is 321. The molecule has 0 fully saturated rings. The fraction of sp³-hybridized carbons (Fsp3) is 0.500. The van der Waals surface area contributed by atoms with Crippen LogP contribution in [0.15, 0.2) is 12.1 Å². The quantitative estimate of drug-likeness (QED) is 0.748. The highest BCUT2D eigenvalue weighted by atomic mass is 32.1. The molecule has 0 aliphatic carbocycles. The van der Waals surface area contributed by atoms with Crippen LogP contribution in [0.2, 0.25) is 0 Å². The molecule has 1 aromatic rings. The van der Waals surface area contributed by atoms with E-state index in [1.54, 1.807) is 0 Å². The molecule has 2 unspecified atom stereocenters. The Morgan fingerprint density at radius 3 is 2.71 bits per heavy atom. The first-order valence-electron chi connectivity index (χ1n) is 4.98. The fourth-order valence-electron chi connectivity index (χ4n) is 1.32. The zero-order valence-corrected chi connectivity index (χ0v) is 9.82. The summed E-state index contributed by atoms with van der Waals surface area (Å²) in [6, 6.07) is 4.87. The molecule has 0 aliphatic rings. The molecular weight excluding hydrogens is 190 g/mol.